The third-order valence-corrected chi connectivity index (χ3v) is 5.29. The predicted molar refractivity (Wildman–Crippen MR) is 94.7 cm³/mol. The SMILES string of the molecule is CN1CCC(O)(Cn2cnc(-c3ccccc3F)cc2=O)C(C)(C)C1. The van der Waals surface area contributed by atoms with Crippen LogP contribution < -0.4 is 5.56 Å². The quantitative estimate of drug-likeness (QED) is 0.926. The molecule has 2 heterocycles. The minimum atomic E-state index is -0.996. The zero-order chi connectivity index (χ0) is 18.2. The number of aliphatic hydroxyl groups is 1. The summed E-state index contributed by atoms with van der Waals surface area (Å²) in [6.07, 6.45) is 1.98. The molecule has 1 aromatic carbocycles. The number of halogens is 1. The number of aromatic nitrogens is 2. The highest BCUT2D eigenvalue weighted by Gasteiger charge is 2.47. The van der Waals surface area contributed by atoms with Gasteiger partial charge in [0.15, 0.2) is 0 Å². The van der Waals surface area contributed by atoms with Crippen molar-refractivity contribution in [3.8, 4) is 11.3 Å². The number of hydrogen-bond donors (Lipinski definition) is 1. The maximum Gasteiger partial charge on any atom is 0.253 e. The summed E-state index contributed by atoms with van der Waals surface area (Å²) in [5.41, 5.74) is -1.05. The minimum absolute atomic E-state index is 0.178. The second-order valence-corrected chi connectivity index (χ2v) is 7.62. The zero-order valence-corrected chi connectivity index (χ0v) is 14.9. The Morgan fingerprint density at radius 2 is 2.04 bits per heavy atom. The van der Waals surface area contributed by atoms with Gasteiger partial charge in [0.05, 0.1) is 24.2 Å². The molecule has 1 N–H and O–H groups in total. The van der Waals surface area contributed by atoms with Gasteiger partial charge in [-0.3, -0.25) is 9.36 Å². The van der Waals surface area contributed by atoms with Gasteiger partial charge in [-0.05, 0) is 25.6 Å². The van der Waals surface area contributed by atoms with Crippen molar-refractivity contribution >= 4 is 0 Å². The first-order valence-electron chi connectivity index (χ1n) is 8.44. The van der Waals surface area contributed by atoms with Crippen molar-refractivity contribution in [3.63, 3.8) is 0 Å². The number of nitrogens with zero attached hydrogens (tertiary/aromatic N) is 3. The highest BCUT2D eigenvalue weighted by Crippen LogP contribution is 2.39. The highest BCUT2D eigenvalue weighted by molar-refractivity contribution is 5.58. The van der Waals surface area contributed by atoms with Crippen molar-refractivity contribution in [1.82, 2.24) is 14.5 Å². The Bertz CT molecular complexity index is 833. The van der Waals surface area contributed by atoms with Crippen LogP contribution in [0.5, 0.6) is 0 Å². The summed E-state index contributed by atoms with van der Waals surface area (Å²) in [5.74, 6) is -0.415. The molecule has 25 heavy (non-hydrogen) atoms. The minimum Gasteiger partial charge on any atom is -0.387 e. The van der Waals surface area contributed by atoms with Gasteiger partial charge in [0.2, 0.25) is 0 Å². The van der Waals surface area contributed by atoms with Gasteiger partial charge in [-0.25, -0.2) is 9.37 Å². The Hall–Kier alpha value is -2.05. The summed E-state index contributed by atoms with van der Waals surface area (Å²) in [5, 5.41) is 11.2. The maximum absolute atomic E-state index is 13.9. The van der Waals surface area contributed by atoms with Gasteiger partial charge < -0.3 is 10.0 Å². The van der Waals surface area contributed by atoms with Crippen LogP contribution >= 0.6 is 0 Å². The van der Waals surface area contributed by atoms with Gasteiger partial charge in [-0.1, -0.05) is 26.0 Å². The van der Waals surface area contributed by atoms with Crippen molar-refractivity contribution in [2.75, 3.05) is 20.1 Å². The molecule has 0 bridgehead atoms. The van der Waals surface area contributed by atoms with Crippen LogP contribution in [0, 0.1) is 11.2 Å². The Morgan fingerprint density at radius 3 is 2.68 bits per heavy atom. The van der Waals surface area contributed by atoms with Crippen molar-refractivity contribution < 1.29 is 9.50 Å². The molecule has 1 atom stereocenters. The van der Waals surface area contributed by atoms with E-state index >= 15 is 0 Å². The van der Waals surface area contributed by atoms with Crippen molar-refractivity contribution in [3.05, 3.63) is 52.8 Å². The van der Waals surface area contributed by atoms with Gasteiger partial charge in [0.1, 0.15) is 5.82 Å². The van der Waals surface area contributed by atoms with E-state index in [0.29, 0.717) is 17.7 Å². The second-order valence-electron chi connectivity index (χ2n) is 7.62. The van der Waals surface area contributed by atoms with Crippen LogP contribution in [-0.2, 0) is 6.54 Å². The molecule has 1 aliphatic rings. The Kier molecular flexibility index (Phi) is 4.51. The van der Waals surface area contributed by atoms with E-state index in [2.05, 4.69) is 9.88 Å². The lowest BCUT2D eigenvalue weighted by Crippen LogP contribution is -2.59. The molecule has 5 nitrogen and oxygen atoms in total. The van der Waals surface area contributed by atoms with Crippen LogP contribution in [-0.4, -0.2) is 45.3 Å². The Labute approximate surface area is 146 Å². The first kappa shape index (κ1) is 17.8. The first-order valence-corrected chi connectivity index (χ1v) is 8.44. The molecule has 0 saturated carbocycles. The van der Waals surface area contributed by atoms with Crippen LogP contribution in [0.1, 0.15) is 20.3 Å². The van der Waals surface area contributed by atoms with Crippen LogP contribution in [0.3, 0.4) is 0 Å². The lowest BCUT2D eigenvalue weighted by atomic mass is 9.70. The van der Waals surface area contributed by atoms with Gasteiger partial charge in [-0.2, -0.15) is 0 Å². The van der Waals surface area contributed by atoms with E-state index in [1.165, 1.54) is 23.0 Å². The van der Waals surface area contributed by atoms with E-state index in [9.17, 15) is 14.3 Å². The van der Waals surface area contributed by atoms with Crippen LogP contribution in [0.15, 0.2) is 41.5 Å². The van der Waals surface area contributed by atoms with E-state index < -0.39 is 11.4 Å². The molecule has 2 aromatic rings. The van der Waals surface area contributed by atoms with Crippen molar-refractivity contribution in [1.29, 1.82) is 0 Å². The van der Waals surface area contributed by atoms with Crippen molar-refractivity contribution in [2.45, 2.75) is 32.4 Å². The van der Waals surface area contributed by atoms with E-state index in [1.807, 2.05) is 20.9 Å². The fourth-order valence-corrected chi connectivity index (χ4v) is 3.55. The van der Waals surface area contributed by atoms with Gasteiger partial charge in [0, 0.05) is 30.1 Å². The third-order valence-electron chi connectivity index (χ3n) is 5.29. The summed E-state index contributed by atoms with van der Waals surface area (Å²) in [6.45, 7) is 5.72. The van der Waals surface area contributed by atoms with Crippen LogP contribution in [0.25, 0.3) is 11.3 Å². The summed E-state index contributed by atoms with van der Waals surface area (Å²) in [4.78, 5) is 18.9. The van der Waals surface area contributed by atoms with Crippen LogP contribution in [0.2, 0.25) is 0 Å². The summed E-state index contributed by atoms with van der Waals surface area (Å²) in [6, 6.07) is 7.55. The second kappa shape index (κ2) is 6.35. The lowest BCUT2D eigenvalue weighted by molar-refractivity contribution is -0.124. The molecule has 0 aliphatic carbocycles. The predicted octanol–water partition coefficient (Wildman–Crippen LogP) is 2.14. The molecule has 0 spiro atoms. The van der Waals surface area contributed by atoms with E-state index in [0.717, 1.165) is 13.1 Å². The van der Waals surface area contributed by atoms with Gasteiger partial charge in [0.25, 0.3) is 5.56 Å². The van der Waals surface area contributed by atoms with Gasteiger partial charge >= 0.3 is 0 Å². The van der Waals surface area contributed by atoms with E-state index in [-0.39, 0.29) is 17.5 Å². The number of benzene rings is 1. The average molecular weight is 345 g/mol. The standard InChI is InChI=1S/C19H24FN3O2/c1-18(2)11-22(3)9-8-19(18,25)12-23-13-21-16(10-17(23)24)14-6-4-5-7-15(14)20/h4-7,10,13,25H,8-9,11-12H2,1-3H3. The monoisotopic (exact) mass is 345 g/mol. The molecular weight excluding hydrogens is 321 g/mol. The number of rotatable bonds is 3. The van der Waals surface area contributed by atoms with E-state index in [4.69, 9.17) is 0 Å². The fourth-order valence-electron chi connectivity index (χ4n) is 3.55. The summed E-state index contributed by atoms with van der Waals surface area (Å²) < 4.78 is 15.3. The summed E-state index contributed by atoms with van der Waals surface area (Å²) >= 11 is 0. The third kappa shape index (κ3) is 3.37. The summed E-state index contributed by atoms with van der Waals surface area (Å²) in [7, 11) is 2.03. The molecule has 1 fully saturated rings. The highest BCUT2D eigenvalue weighted by atomic mass is 19.1. The molecular formula is C19H24FN3O2. The van der Waals surface area contributed by atoms with Crippen LogP contribution in [0.4, 0.5) is 4.39 Å². The largest absolute Gasteiger partial charge is 0.387 e. The molecule has 6 heteroatoms. The molecule has 1 unspecified atom stereocenters. The first-order chi connectivity index (χ1) is 11.7. The molecule has 0 radical (unpaired) electrons. The maximum atomic E-state index is 13.9. The zero-order valence-electron chi connectivity index (χ0n) is 14.9. The number of hydrogen-bond acceptors (Lipinski definition) is 4. The molecule has 1 aliphatic heterocycles. The smallest absolute Gasteiger partial charge is 0.253 e. The Morgan fingerprint density at radius 1 is 1.32 bits per heavy atom. The molecule has 1 aromatic heterocycles. The molecule has 0 amide bonds. The van der Waals surface area contributed by atoms with E-state index in [1.54, 1.807) is 18.2 Å². The normalized spacial score (nSPS) is 23.6. The molecule has 3 rings (SSSR count). The molecule has 1 saturated heterocycles. The topological polar surface area (TPSA) is 58.4 Å². The average Bonchev–Trinajstić information content (AvgIpc) is 2.54. The van der Waals surface area contributed by atoms with Gasteiger partial charge in [-0.15, -0.1) is 0 Å². The lowest BCUT2D eigenvalue weighted by Gasteiger charge is -2.49. The van der Waals surface area contributed by atoms with Crippen molar-refractivity contribution in [2.24, 2.45) is 5.41 Å². The molecule has 134 valence electrons. The number of likely N-dealkylation sites (tertiary alicyclic amines) is 1. The fraction of sp³-hybridized carbons (Fsp3) is 0.474. The number of piperidine rings is 1. The Balaban J connectivity index is 1.90.